The van der Waals surface area contributed by atoms with Crippen molar-refractivity contribution in [3.05, 3.63) is 11.4 Å². The maximum atomic E-state index is 5.55. The minimum atomic E-state index is 0.458. The standard InChI is InChI=1S/C12H21N3O/c1-5-16-11-6-10(7-11)13-12-8(2)14-15(4)9(12)3/h10-11,13H,5-7H2,1-4H3. The van der Waals surface area contributed by atoms with Crippen molar-refractivity contribution < 1.29 is 4.74 Å². The van der Waals surface area contributed by atoms with Crippen LogP contribution in [0.2, 0.25) is 0 Å². The number of hydrogen-bond donors (Lipinski definition) is 1. The van der Waals surface area contributed by atoms with Crippen molar-refractivity contribution >= 4 is 5.69 Å². The van der Waals surface area contributed by atoms with E-state index in [2.05, 4.69) is 24.3 Å². The largest absolute Gasteiger partial charge is 0.379 e. The molecule has 1 fully saturated rings. The van der Waals surface area contributed by atoms with Crippen LogP contribution in [0.3, 0.4) is 0 Å². The minimum absolute atomic E-state index is 0.458. The predicted molar refractivity (Wildman–Crippen MR) is 64.7 cm³/mol. The van der Waals surface area contributed by atoms with E-state index in [1.807, 2.05) is 18.7 Å². The van der Waals surface area contributed by atoms with Gasteiger partial charge in [0.25, 0.3) is 0 Å². The molecule has 0 spiro atoms. The van der Waals surface area contributed by atoms with E-state index >= 15 is 0 Å². The van der Waals surface area contributed by atoms with Gasteiger partial charge in [-0.05, 0) is 33.6 Å². The lowest BCUT2D eigenvalue weighted by atomic mass is 9.89. The van der Waals surface area contributed by atoms with Crippen molar-refractivity contribution in [1.29, 1.82) is 0 Å². The Kier molecular flexibility index (Phi) is 3.19. The predicted octanol–water partition coefficient (Wildman–Crippen LogP) is 2.02. The molecule has 90 valence electrons. The Morgan fingerprint density at radius 1 is 1.44 bits per heavy atom. The van der Waals surface area contributed by atoms with Crippen molar-refractivity contribution in [3.63, 3.8) is 0 Å². The molecule has 4 nitrogen and oxygen atoms in total. The summed E-state index contributed by atoms with van der Waals surface area (Å²) in [6.07, 6.45) is 2.68. The van der Waals surface area contributed by atoms with Gasteiger partial charge in [0.2, 0.25) is 0 Å². The minimum Gasteiger partial charge on any atom is -0.379 e. The van der Waals surface area contributed by atoms with E-state index in [1.54, 1.807) is 0 Å². The van der Waals surface area contributed by atoms with E-state index in [0.717, 1.165) is 25.1 Å². The van der Waals surface area contributed by atoms with Gasteiger partial charge in [-0.1, -0.05) is 0 Å². The zero-order valence-electron chi connectivity index (χ0n) is 10.6. The molecule has 0 unspecified atom stereocenters. The quantitative estimate of drug-likeness (QED) is 0.848. The molecule has 1 aromatic rings. The van der Waals surface area contributed by atoms with Crippen molar-refractivity contribution in [2.75, 3.05) is 11.9 Å². The van der Waals surface area contributed by atoms with E-state index in [1.165, 1.54) is 11.4 Å². The summed E-state index contributed by atoms with van der Waals surface area (Å²) in [5.41, 5.74) is 3.49. The van der Waals surface area contributed by atoms with Crippen LogP contribution >= 0.6 is 0 Å². The topological polar surface area (TPSA) is 39.1 Å². The normalized spacial score (nSPS) is 24.2. The molecule has 16 heavy (non-hydrogen) atoms. The van der Waals surface area contributed by atoms with Crippen LogP contribution in [0.1, 0.15) is 31.2 Å². The Hall–Kier alpha value is -1.03. The Morgan fingerprint density at radius 2 is 2.12 bits per heavy atom. The van der Waals surface area contributed by atoms with Gasteiger partial charge in [0.15, 0.2) is 0 Å². The Morgan fingerprint density at radius 3 is 2.62 bits per heavy atom. The van der Waals surface area contributed by atoms with Crippen LogP contribution < -0.4 is 5.32 Å². The molecule has 0 atom stereocenters. The summed E-state index contributed by atoms with van der Waals surface area (Å²) in [5, 5.41) is 7.96. The molecule has 1 N–H and O–H groups in total. The van der Waals surface area contributed by atoms with Gasteiger partial charge < -0.3 is 10.1 Å². The molecule has 0 radical (unpaired) electrons. The molecular weight excluding hydrogens is 202 g/mol. The lowest BCUT2D eigenvalue weighted by Crippen LogP contribution is -2.41. The number of aryl methyl sites for hydroxylation is 2. The van der Waals surface area contributed by atoms with E-state index in [9.17, 15) is 0 Å². The summed E-state index contributed by atoms with van der Waals surface area (Å²) in [5.74, 6) is 0. The molecule has 4 heteroatoms. The first-order chi connectivity index (χ1) is 7.61. The van der Waals surface area contributed by atoms with Crippen molar-refractivity contribution in [1.82, 2.24) is 9.78 Å². The number of nitrogens with one attached hydrogen (secondary N) is 1. The second kappa shape index (κ2) is 4.45. The van der Waals surface area contributed by atoms with Gasteiger partial charge in [-0.15, -0.1) is 0 Å². The van der Waals surface area contributed by atoms with E-state index in [-0.39, 0.29) is 0 Å². The van der Waals surface area contributed by atoms with Crippen molar-refractivity contribution in [2.24, 2.45) is 7.05 Å². The lowest BCUT2D eigenvalue weighted by Gasteiger charge is -2.36. The molecule has 1 heterocycles. The summed E-state index contributed by atoms with van der Waals surface area (Å²) in [6, 6.07) is 0.554. The van der Waals surface area contributed by atoms with Crippen LogP contribution in [0.4, 0.5) is 5.69 Å². The van der Waals surface area contributed by atoms with Crippen LogP contribution in [-0.2, 0) is 11.8 Å². The number of nitrogens with zero attached hydrogens (tertiary/aromatic N) is 2. The highest BCUT2D eigenvalue weighted by atomic mass is 16.5. The van der Waals surface area contributed by atoms with Gasteiger partial charge in [0.05, 0.1) is 23.2 Å². The summed E-state index contributed by atoms with van der Waals surface area (Å²) < 4.78 is 7.48. The average molecular weight is 223 g/mol. The Labute approximate surface area is 97.0 Å². The van der Waals surface area contributed by atoms with E-state index < -0.39 is 0 Å². The van der Waals surface area contributed by atoms with Crippen LogP contribution in [0, 0.1) is 13.8 Å². The molecule has 1 saturated carbocycles. The van der Waals surface area contributed by atoms with Crippen LogP contribution in [0.5, 0.6) is 0 Å². The zero-order chi connectivity index (χ0) is 11.7. The highest BCUT2D eigenvalue weighted by Crippen LogP contribution is 2.29. The maximum Gasteiger partial charge on any atom is 0.0827 e. The first-order valence-corrected chi connectivity index (χ1v) is 6.00. The summed E-state index contributed by atoms with van der Waals surface area (Å²) in [6.45, 7) is 7.02. The van der Waals surface area contributed by atoms with Gasteiger partial charge >= 0.3 is 0 Å². The SMILES string of the molecule is CCOC1CC(Nc2c(C)nn(C)c2C)C1. The van der Waals surface area contributed by atoms with E-state index in [4.69, 9.17) is 4.74 Å². The molecule has 0 bridgehead atoms. The Bertz CT molecular complexity index is 367. The second-order valence-corrected chi connectivity index (χ2v) is 4.56. The van der Waals surface area contributed by atoms with E-state index in [0.29, 0.717) is 12.1 Å². The molecule has 1 aromatic heterocycles. The van der Waals surface area contributed by atoms with Gasteiger partial charge in [-0.2, -0.15) is 5.10 Å². The maximum absolute atomic E-state index is 5.55. The molecule has 1 aliphatic rings. The van der Waals surface area contributed by atoms with Crippen LogP contribution in [0.15, 0.2) is 0 Å². The monoisotopic (exact) mass is 223 g/mol. The number of ether oxygens (including phenoxy) is 1. The van der Waals surface area contributed by atoms with Gasteiger partial charge in [-0.3, -0.25) is 4.68 Å². The molecule has 0 saturated heterocycles. The third-order valence-electron chi connectivity index (χ3n) is 3.35. The number of hydrogen-bond acceptors (Lipinski definition) is 3. The number of anilines is 1. The number of rotatable bonds is 4. The molecule has 1 aliphatic carbocycles. The van der Waals surface area contributed by atoms with Crippen LogP contribution in [-0.4, -0.2) is 28.5 Å². The Balaban J connectivity index is 1.91. The molecule has 0 aromatic carbocycles. The molecule has 2 rings (SSSR count). The first-order valence-electron chi connectivity index (χ1n) is 6.00. The molecule has 0 amide bonds. The highest BCUT2D eigenvalue weighted by Gasteiger charge is 2.30. The second-order valence-electron chi connectivity index (χ2n) is 4.56. The average Bonchev–Trinajstić information content (AvgIpc) is 2.41. The van der Waals surface area contributed by atoms with Gasteiger partial charge in [-0.25, -0.2) is 0 Å². The van der Waals surface area contributed by atoms with Gasteiger partial charge in [0.1, 0.15) is 0 Å². The molecular formula is C12H21N3O. The fourth-order valence-electron chi connectivity index (χ4n) is 2.24. The summed E-state index contributed by atoms with van der Waals surface area (Å²) in [4.78, 5) is 0. The fraction of sp³-hybridized carbons (Fsp3) is 0.750. The zero-order valence-corrected chi connectivity index (χ0v) is 10.6. The fourth-order valence-corrected chi connectivity index (χ4v) is 2.24. The van der Waals surface area contributed by atoms with Crippen LogP contribution in [0.25, 0.3) is 0 Å². The summed E-state index contributed by atoms with van der Waals surface area (Å²) >= 11 is 0. The lowest BCUT2D eigenvalue weighted by molar-refractivity contribution is 0.00297. The molecule has 0 aliphatic heterocycles. The third kappa shape index (κ3) is 2.07. The van der Waals surface area contributed by atoms with Crippen molar-refractivity contribution in [2.45, 2.75) is 45.8 Å². The number of aromatic nitrogens is 2. The van der Waals surface area contributed by atoms with Gasteiger partial charge in [0, 0.05) is 19.7 Å². The third-order valence-corrected chi connectivity index (χ3v) is 3.35. The summed E-state index contributed by atoms with van der Waals surface area (Å²) in [7, 11) is 1.98. The van der Waals surface area contributed by atoms with Crippen molar-refractivity contribution in [3.8, 4) is 0 Å². The first kappa shape index (κ1) is 11.5. The highest BCUT2D eigenvalue weighted by molar-refractivity contribution is 5.53. The smallest absolute Gasteiger partial charge is 0.0827 e.